The standard InChI is InChI=1S/C15H13N3O6/c1-10-5-6-12(18(22)23)8-14(10)16-15(19)9-24-13-4-2-3-11(7-13)17(20)21/h2-8H,9H2,1H3,(H,16,19). The Hall–Kier alpha value is -3.49. The zero-order chi connectivity index (χ0) is 17.7. The van der Waals surface area contributed by atoms with Gasteiger partial charge in [-0.2, -0.15) is 0 Å². The topological polar surface area (TPSA) is 125 Å². The first-order valence-electron chi connectivity index (χ1n) is 6.79. The Bertz CT molecular complexity index is 806. The highest BCUT2D eigenvalue weighted by Gasteiger charge is 2.12. The molecule has 0 saturated carbocycles. The van der Waals surface area contributed by atoms with Gasteiger partial charge in [0.15, 0.2) is 6.61 Å². The zero-order valence-corrected chi connectivity index (χ0v) is 12.6. The van der Waals surface area contributed by atoms with Crippen molar-refractivity contribution in [2.45, 2.75) is 6.92 Å². The third-order valence-electron chi connectivity index (χ3n) is 3.10. The average molecular weight is 331 g/mol. The van der Waals surface area contributed by atoms with Crippen LogP contribution in [0.5, 0.6) is 5.75 Å². The molecule has 9 heteroatoms. The molecule has 0 aromatic heterocycles. The van der Waals surface area contributed by atoms with Crippen LogP contribution in [0.3, 0.4) is 0 Å². The second-order valence-electron chi connectivity index (χ2n) is 4.85. The highest BCUT2D eigenvalue weighted by atomic mass is 16.6. The minimum Gasteiger partial charge on any atom is -0.484 e. The Balaban J connectivity index is 2.01. The maximum absolute atomic E-state index is 11.9. The lowest BCUT2D eigenvalue weighted by atomic mass is 10.2. The van der Waals surface area contributed by atoms with Gasteiger partial charge in [-0.15, -0.1) is 0 Å². The molecule has 0 bridgehead atoms. The van der Waals surface area contributed by atoms with Crippen molar-refractivity contribution in [3.63, 3.8) is 0 Å². The Labute approximate surface area is 136 Å². The number of nitro groups is 2. The summed E-state index contributed by atoms with van der Waals surface area (Å²) >= 11 is 0. The molecular formula is C15H13N3O6. The molecule has 0 unspecified atom stereocenters. The number of carbonyl (C=O) groups is 1. The molecule has 124 valence electrons. The fourth-order valence-electron chi connectivity index (χ4n) is 1.88. The van der Waals surface area contributed by atoms with Gasteiger partial charge in [0.1, 0.15) is 5.75 Å². The number of hydrogen-bond donors (Lipinski definition) is 1. The summed E-state index contributed by atoms with van der Waals surface area (Å²) in [6.07, 6.45) is 0. The first kappa shape index (κ1) is 16.9. The number of ether oxygens (including phenoxy) is 1. The quantitative estimate of drug-likeness (QED) is 0.641. The van der Waals surface area contributed by atoms with Gasteiger partial charge in [-0.3, -0.25) is 25.0 Å². The lowest BCUT2D eigenvalue weighted by molar-refractivity contribution is -0.385. The average Bonchev–Trinajstić information content (AvgIpc) is 2.55. The second kappa shape index (κ2) is 7.18. The Kier molecular flexibility index (Phi) is 5.05. The molecule has 2 aromatic rings. The van der Waals surface area contributed by atoms with Crippen molar-refractivity contribution < 1.29 is 19.4 Å². The van der Waals surface area contributed by atoms with Gasteiger partial charge >= 0.3 is 0 Å². The largest absolute Gasteiger partial charge is 0.484 e. The van der Waals surface area contributed by atoms with Crippen molar-refractivity contribution in [2.24, 2.45) is 0 Å². The number of amides is 1. The van der Waals surface area contributed by atoms with Crippen molar-refractivity contribution >= 4 is 23.0 Å². The van der Waals surface area contributed by atoms with Crippen molar-refractivity contribution in [3.05, 3.63) is 68.3 Å². The SMILES string of the molecule is Cc1ccc([N+](=O)[O-])cc1NC(=O)COc1cccc([N+](=O)[O-])c1. The minimum atomic E-state index is -0.570. The molecule has 2 aromatic carbocycles. The highest BCUT2D eigenvalue weighted by molar-refractivity contribution is 5.93. The number of aryl methyl sites for hydroxylation is 1. The summed E-state index contributed by atoms with van der Waals surface area (Å²) < 4.78 is 5.20. The fraction of sp³-hybridized carbons (Fsp3) is 0.133. The van der Waals surface area contributed by atoms with E-state index in [4.69, 9.17) is 4.74 Å². The van der Waals surface area contributed by atoms with Gasteiger partial charge < -0.3 is 10.1 Å². The molecule has 0 aliphatic carbocycles. The molecule has 0 spiro atoms. The molecule has 0 atom stereocenters. The smallest absolute Gasteiger partial charge is 0.273 e. The van der Waals surface area contributed by atoms with Gasteiger partial charge in [-0.05, 0) is 18.6 Å². The minimum absolute atomic E-state index is 0.143. The van der Waals surface area contributed by atoms with Crippen LogP contribution in [0.4, 0.5) is 17.1 Å². The lowest BCUT2D eigenvalue weighted by Gasteiger charge is -2.09. The van der Waals surface area contributed by atoms with Crippen LogP contribution in [-0.4, -0.2) is 22.4 Å². The zero-order valence-electron chi connectivity index (χ0n) is 12.6. The van der Waals surface area contributed by atoms with Gasteiger partial charge in [0.2, 0.25) is 0 Å². The molecule has 1 amide bonds. The van der Waals surface area contributed by atoms with E-state index in [0.717, 1.165) is 0 Å². The van der Waals surface area contributed by atoms with Crippen LogP contribution in [0.2, 0.25) is 0 Å². The van der Waals surface area contributed by atoms with Gasteiger partial charge in [0.25, 0.3) is 17.3 Å². The van der Waals surface area contributed by atoms with E-state index in [2.05, 4.69) is 5.32 Å². The number of anilines is 1. The predicted molar refractivity (Wildman–Crippen MR) is 85.1 cm³/mol. The normalized spacial score (nSPS) is 10.0. The van der Waals surface area contributed by atoms with E-state index in [9.17, 15) is 25.0 Å². The van der Waals surface area contributed by atoms with Crippen molar-refractivity contribution in [2.75, 3.05) is 11.9 Å². The molecule has 0 aliphatic heterocycles. The summed E-state index contributed by atoms with van der Waals surface area (Å²) in [7, 11) is 0. The number of carbonyl (C=O) groups excluding carboxylic acids is 1. The van der Waals surface area contributed by atoms with E-state index in [0.29, 0.717) is 11.3 Å². The van der Waals surface area contributed by atoms with Gasteiger partial charge in [-0.1, -0.05) is 12.1 Å². The van der Waals surface area contributed by atoms with Gasteiger partial charge in [0, 0.05) is 18.2 Å². The Morgan fingerprint density at radius 2 is 1.75 bits per heavy atom. The van der Waals surface area contributed by atoms with Crippen LogP contribution < -0.4 is 10.1 Å². The Morgan fingerprint density at radius 1 is 1.08 bits per heavy atom. The summed E-state index contributed by atoms with van der Waals surface area (Å²) in [6, 6.07) is 9.54. The van der Waals surface area contributed by atoms with E-state index >= 15 is 0 Å². The number of nitrogens with one attached hydrogen (secondary N) is 1. The molecule has 24 heavy (non-hydrogen) atoms. The number of nitro benzene ring substituents is 2. The van der Waals surface area contributed by atoms with E-state index in [1.165, 1.54) is 42.5 Å². The summed E-state index contributed by atoms with van der Waals surface area (Å²) in [5.74, 6) is -0.361. The van der Waals surface area contributed by atoms with Crippen molar-refractivity contribution in [1.82, 2.24) is 0 Å². The molecule has 0 radical (unpaired) electrons. The van der Waals surface area contributed by atoms with Crippen LogP contribution in [0, 0.1) is 27.2 Å². The van der Waals surface area contributed by atoms with Crippen LogP contribution in [0.25, 0.3) is 0 Å². The van der Waals surface area contributed by atoms with Crippen molar-refractivity contribution in [1.29, 1.82) is 0 Å². The van der Waals surface area contributed by atoms with E-state index < -0.39 is 15.8 Å². The molecule has 0 aliphatic rings. The molecule has 2 rings (SSSR count). The van der Waals surface area contributed by atoms with Crippen molar-refractivity contribution in [3.8, 4) is 5.75 Å². The Morgan fingerprint density at radius 3 is 2.42 bits per heavy atom. The number of benzene rings is 2. The monoisotopic (exact) mass is 331 g/mol. The first-order chi connectivity index (χ1) is 11.4. The molecular weight excluding hydrogens is 318 g/mol. The summed E-state index contributed by atoms with van der Waals surface area (Å²) in [4.78, 5) is 32.2. The molecule has 0 saturated heterocycles. The maximum atomic E-state index is 11.9. The van der Waals surface area contributed by atoms with Gasteiger partial charge in [-0.25, -0.2) is 0 Å². The highest BCUT2D eigenvalue weighted by Crippen LogP contribution is 2.22. The van der Waals surface area contributed by atoms with Crippen LogP contribution in [0.15, 0.2) is 42.5 Å². The molecule has 0 heterocycles. The lowest BCUT2D eigenvalue weighted by Crippen LogP contribution is -2.20. The number of rotatable bonds is 6. The summed E-state index contributed by atoms with van der Waals surface area (Å²) in [6.45, 7) is 1.31. The van der Waals surface area contributed by atoms with E-state index in [1.807, 2.05) is 0 Å². The van der Waals surface area contributed by atoms with Gasteiger partial charge in [0.05, 0.1) is 21.6 Å². The summed E-state index contributed by atoms with van der Waals surface area (Å²) in [5.41, 5.74) is 0.666. The van der Waals surface area contributed by atoms with Crippen LogP contribution in [0.1, 0.15) is 5.56 Å². The molecule has 0 fully saturated rings. The maximum Gasteiger partial charge on any atom is 0.273 e. The molecule has 1 N–H and O–H groups in total. The van der Waals surface area contributed by atoms with E-state index in [-0.39, 0.29) is 23.7 Å². The third kappa shape index (κ3) is 4.26. The van der Waals surface area contributed by atoms with Crippen LogP contribution >= 0.6 is 0 Å². The first-order valence-corrected chi connectivity index (χ1v) is 6.79. The number of non-ortho nitro benzene ring substituents is 2. The fourth-order valence-corrected chi connectivity index (χ4v) is 1.88. The third-order valence-corrected chi connectivity index (χ3v) is 3.10. The van der Waals surface area contributed by atoms with E-state index in [1.54, 1.807) is 6.92 Å². The predicted octanol–water partition coefficient (Wildman–Crippen LogP) is 2.83. The second-order valence-corrected chi connectivity index (χ2v) is 4.85. The number of nitrogens with zero attached hydrogens (tertiary/aromatic N) is 2. The summed E-state index contributed by atoms with van der Waals surface area (Å²) in [5, 5.41) is 23.9. The number of hydrogen-bond acceptors (Lipinski definition) is 6. The van der Waals surface area contributed by atoms with Crippen LogP contribution in [-0.2, 0) is 4.79 Å². The molecule has 9 nitrogen and oxygen atoms in total.